The number of benzene rings is 1. The summed E-state index contributed by atoms with van der Waals surface area (Å²) in [4.78, 5) is 24.4. The first-order chi connectivity index (χ1) is 15.6. The second-order valence-corrected chi connectivity index (χ2v) is 13.3. The van der Waals surface area contributed by atoms with Crippen LogP contribution in [0.3, 0.4) is 0 Å². The van der Waals surface area contributed by atoms with Gasteiger partial charge < -0.3 is 0 Å². The second-order valence-electron chi connectivity index (χ2n) is 10.2. The van der Waals surface area contributed by atoms with E-state index in [1.807, 2.05) is 78.4 Å². The number of carbonyl (C=O) groups is 1. The molecule has 0 aliphatic rings. The molecule has 0 radical (unpaired) electrons. The van der Waals surface area contributed by atoms with Crippen LogP contribution < -0.4 is 5.32 Å². The summed E-state index contributed by atoms with van der Waals surface area (Å²) < 4.78 is 28.8. The number of amides is 1. The number of hydrogen-bond acceptors (Lipinski definition) is 8. The Morgan fingerprint density at radius 1 is 1.09 bits per heavy atom. The van der Waals surface area contributed by atoms with Crippen molar-refractivity contribution in [1.29, 1.82) is 0 Å². The van der Waals surface area contributed by atoms with Crippen LogP contribution in [0.2, 0.25) is 6.55 Å². The number of methoxy groups -OCH3 is 1. The van der Waals surface area contributed by atoms with Crippen molar-refractivity contribution in [2.75, 3.05) is 7.11 Å². The van der Waals surface area contributed by atoms with Gasteiger partial charge in [0.15, 0.2) is 0 Å². The number of carbonyl (C=O) groups excluding carboxylic acids is 1. The molecule has 0 spiro atoms. The van der Waals surface area contributed by atoms with Crippen molar-refractivity contribution in [3.05, 3.63) is 35.9 Å². The first-order valence-electron chi connectivity index (χ1n) is 11.5. The van der Waals surface area contributed by atoms with E-state index in [1.54, 1.807) is 6.92 Å². The fourth-order valence-corrected chi connectivity index (χ4v) is 8.39. The average Bonchev–Trinajstić information content (AvgIpc) is 2.71. The summed E-state index contributed by atoms with van der Waals surface area (Å²) in [6.45, 7) is 14.7. The summed E-state index contributed by atoms with van der Waals surface area (Å²) in [5.74, 6) is -1.56. The predicted octanol–water partition coefficient (Wildman–Crippen LogP) is 3.47. The Balaban J connectivity index is 3.19. The molecular weight excluding hydrogens is 477 g/mol. The number of nitrogens with one attached hydrogen (secondary N) is 1. The fourth-order valence-electron chi connectivity index (χ4n) is 3.48. The molecule has 1 aromatic carbocycles. The van der Waals surface area contributed by atoms with Crippen LogP contribution >= 0.6 is 7.94 Å². The fraction of sp³-hybridized carbons (Fsp3) is 0.696. The molecule has 0 saturated carbocycles. The molecule has 34 heavy (non-hydrogen) atoms. The van der Waals surface area contributed by atoms with E-state index in [4.69, 9.17) is 22.9 Å². The minimum atomic E-state index is -4.02. The molecule has 9 nitrogen and oxygen atoms in total. The van der Waals surface area contributed by atoms with Gasteiger partial charge in [-0.05, 0) is 0 Å². The molecule has 3 unspecified atom stereocenters. The van der Waals surface area contributed by atoms with E-state index in [-0.39, 0.29) is 6.61 Å². The Bertz CT molecular complexity index is 725. The van der Waals surface area contributed by atoms with E-state index in [9.17, 15) is 14.8 Å². The van der Waals surface area contributed by atoms with E-state index in [0.717, 1.165) is 5.56 Å². The van der Waals surface area contributed by atoms with Gasteiger partial charge in [-0.15, -0.1) is 0 Å². The van der Waals surface area contributed by atoms with Gasteiger partial charge in [0.25, 0.3) is 0 Å². The standard InChI is InChI=1S/C23H44NO8PSi/c1-16(20(30-34-9)33(27,31-22(2,3)4)32-23(5,6)7)18(19(25)28-8)24-21(26)29-15-17-13-11-10-12-14-17/h10-14,16,18-20,25,27,33H,15,34H2,1-9H3,(H,24,26)/t16?,18-,19?,20?/m0/s1. The first kappa shape index (κ1) is 30.9. The topological polar surface area (TPSA) is 116 Å². The van der Waals surface area contributed by atoms with E-state index in [1.165, 1.54) is 7.11 Å². The van der Waals surface area contributed by atoms with Crippen molar-refractivity contribution < 1.29 is 37.7 Å². The quantitative estimate of drug-likeness (QED) is 0.218. The zero-order valence-electron chi connectivity index (χ0n) is 22.0. The molecule has 3 N–H and O–H groups in total. The van der Waals surface area contributed by atoms with Crippen LogP contribution in [0.1, 0.15) is 54.0 Å². The number of aliphatic hydroxyl groups is 1. The Morgan fingerprint density at radius 2 is 1.62 bits per heavy atom. The van der Waals surface area contributed by atoms with Crippen molar-refractivity contribution in [3.63, 3.8) is 0 Å². The van der Waals surface area contributed by atoms with Gasteiger partial charge in [-0.2, -0.15) is 0 Å². The molecule has 0 heterocycles. The zero-order valence-corrected chi connectivity index (χ0v) is 24.4. The predicted molar refractivity (Wildman–Crippen MR) is 137 cm³/mol. The molecule has 0 bridgehead atoms. The van der Waals surface area contributed by atoms with Crippen molar-refractivity contribution in [2.45, 2.75) is 91.0 Å². The van der Waals surface area contributed by atoms with E-state index in [2.05, 4.69) is 5.32 Å². The molecule has 0 saturated heterocycles. The number of alkyl carbamates (subject to hydrolysis) is 1. The zero-order chi connectivity index (χ0) is 26.2. The third-order valence-electron chi connectivity index (χ3n) is 4.70. The second kappa shape index (κ2) is 13.3. The van der Waals surface area contributed by atoms with Gasteiger partial charge in [-0.1, -0.05) is 0 Å². The summed E-state index contributed by atoms with van der Waals surface area (Å²) in [7, 11) is -3.75. The maximum absolute atomic E-state index is 12.6. The van der Waals surface area contributed by atoms with Crippen molar-refractivity contribution in [3.8, 4) is 0 Å². The number of aliphatic hydroxyl groups excluding tert-OH is 1. The van der Waals surface area contributed by atoms with E-state index in [0.29, 0.717) is 0 Å². The van der Waals surface area contributed by atoms with Crippen LogP contribution in [0.25, 0.3) is 0 Å². The minimum absolute atomic E-state index is 0.0671. The monoisotopic (exact) mass is 521 g/mol. The molecule has 0 aromatic heterocycles. The van der Waals surface area contributed by atoms with Crippen molar-refractivity contribution in [1.82, 2.24) is 5.32 Å². The molecule has 1 aromatic rings. The molecular formula is C23H44NO8PSi. The van der Waals surface area contributed by atoms with Crippen molar-refractivity contribution in [2.24, 2.45) is 5.92 Å². The Morgan fingerprint density at radius 3 is 2.06 bits per heavy atom. The van der Waals surface area contributed by atoms with Gasteiger partial charge in [-0.25, -0.2) is 0 Å². The molecule has 198 valence electrons. The van der Waals surface area contributed by atoms with Gasteiger partial charge in [0, 0.05) is 0 Å². The third kappa shape index (κ3) is 10.7. The average molecular weight is 522 g/mol. The number of rotatable bonds is 12. The SMILES string of the molecule is COC(O)[C@@H](NC(=O)OCc1ccccc1)C(C)C(O[SiH2]C)[PH](O)(OC(C)(C)C)OC(C)(C)C. The van der Waals surface area contributed by atoms with Crippen LogP contribution in [-0.4, -0.2) is 62.3 Å². The molecule has 0 aliphatic heterocycles. The summed E-state index contributed by atoms with van der Waals surface area (Å²) in [6, 6.07) is 8.28. The first-order valence-corrected chi connectivity index (χ1v) is 15.4. The maximum atomic E-state index is 12.6. The Hall–Kier alpha value is -1.10. The van der Waals surface area contributed by atoms with Gasteiger partial charge in [0.2, 0.25) is 0 Å². The van der Waals surface area contributed by atoms with Gasteiger partial charge in [0.05, 0.1) is 0 Å². The third-order valence-corrected chi connectivity index (χ3v) is 8.95. The van der Waals surface area contributed by atoms with Crippen LogP contribution in [0.5, 0.6) is 0 Å². The van der Waals surface area contributed by atoms with Crippen molar-refractivity contribution >= 4 is 23.8 Å². The van der Waals surface area contributed by atoms with Crippen LogP contribution in [0.4, 0.5) is 4.79 Å². The molecule has 4 atom stereocenters. The summed E-state index contributed by atoms with van der Waals surface area (Å²) >= 11 is 0. The van der Waals surface area contributed by atoms with E-state index >= 15 is 0 Å². The number of ether oxygens (including phenoxy) is 2. The molecule has 11 heteroatoms. The Kier molecular flexibility index (Phi) is 12.1. The van der Waals surface area contributed by atoms with Gasteiger partial charge in [0.1, 0.15) is 0 Å². The van der Waals surface area contributed by atoms with Crippen LogP contribution in [-0.2, 0) is 29.6 Å². The van der Waals surface area contributed by atoms with Gasteiger partial charge in [-0.3, -0.25) is 0 Å². The normalized spacial score (nSPS) is 17.3. The summed E-state index contributed by atoms with van der Waals surface area (Å²) in [5.41, 5.74) is -0.618. The van der Waals surface area contributed by atoms with Crippen LogP contribution in [0.15, 0.2) is 30.3 Å². The summed E-state index contributed by atoms with van der Waals surface area (Å²) in [5, 5.41) is 13.3. The van der Waals surface area contributed by atoms with E-state index < -0.39 is 59.1 Å². The number of hydrogen-bond donors (Lipinski definition) is 3. The molecule has 1 rings (SSSR count). The van der Waals surface area contributed by atoms with Crippen LogP contribution in [0, 0.1) is 5.92 Å². The molecule has 0 aliphatic carbocycles. The molecule has 1 amide bonds. The Labute approximate surface area is 207 Å². The molecule has 0 fully saturated rings. The van der Waals surface area contributed by atoms with Gasteiger partial charge >= 0.3 is 207 Å². The summed E-state index contributed by atoms with van der Waals surface area (Å²) in [6.07, 6.45) is -2.12.